The molecule has 2 N–H and O–H groups in total. The zero-order chi connectivity index (χ0) is 28.6. The minimum Gasteiger partial charge on any atom is -0.484 e. The molecule has 5 rings (SSSR count). The van der Waals surface area contributed by atoms with Crippen molar-refractivity contribution in [3.8, 4) is 17.0 Å². The molecule has 0 saturated carbocycles. The van der Waals surface area contributed by atoms with Gasteiger partial charge in [-0.1, -0.05) is 83.9 Å². The quantitative estimate of drug-likeness (QED) is 0.153. The summed E-state index contributed by atoms with van der Waals surface area (Å²) in [6.45, 7) is -0.117. The van der Waals surface area contributed by atoms with Gasteiger partial charge in [-0.05, 0) is 48.0 Å². The van der Waals surface area contributed by atoms with Crippen molar-refractivity contribution in [2.24, 2.45) is 0 Å². The van der Waals surface area contributed by atoms with Crippen LogP contribution >= 0.6 is 46.3 Å². The number of para-hydroxylation sites is 1. The van der Waals surface area contributed by atoms with Crippen molar-refractivity contribution in [3.63, 3.8) is 0 Å². The smallest absolute Gasteiger partial charge is 0.262 e. The number of ether oxygens (including phenoxy) is 1. The highest BCUT2D eigenvalue weighted by atomic mass is 35.5. The van der Waals surface area contributed by atoms with Crippen molar-refractivity contribution in [3.05, 3.63) is 124 Å². The summed E-state index contributed by atoms with van der Waals surface area (Å²) in [7, 11) is 0. The molecule has 0 aliphatic carbocycles. The molecule has 0 bridgehead atoms. The molecule has 0 radical (unpaired) electrons. The number of nitrogens with one attached hydrogen (secondary N) is 2. The van der Waals surface area contributed by atoms with E-state index in [-0.39, 0.29) is 18.4 Å². The molecule has 6 nitrogen and oxygen atoms in total. The molecule has 0 aliphatic heterocycles. The number of thiazole rings is 1. The summed E-state index contributed by atoms with van der Waals surface area (Å²) in [6.07, 6.45) is 0. The highest BCUT2D eigenvalue weighted by Crippen LogP contribution is 2.38. The van der Waals surface area contributed by atoms with E-state index in [1.54, 1.807) is 30.3 Å². The average molecular weight is 621 g/mol. The topological polar surface area (TPSA) is 80.3 Å². The number of halogens is 2. The van der Waals surface area contributed by atoms with Crippen molar-refractivity contribution in [2.75, 3.05) is 17.2 Å². The first kappa shape index (κ1) is 28.7. The second-order valence-electron chi connectivity index (χ2n) is 8.74. The lowest BCUT2D eigenvalue weighted by Crippen LogP contribution is -2.20. The predicted molar refractivity (Wildman–Crippen MR) is 168 cm³/mol. The molecule has 1 atom stereocenters. The number of hydrogen-bond donors (Lipinski definition) is 2. The molecule has 0 spiro atoms. The molecule has 41 heavy (non-hydrogen) atoms. The van der Waals surface area contributed by atoms with Crippen LogP contribution in [-0.4, -0.2) is 23.4 Å². The molecule has 1 aromatic heterocycles. The van der Waals surface area contributed by atoms with Crippen LogP contribution in [0, 0.1) is 0 Å². The fraction of sp³-hybridized carbons (Fsp3) is 0.0645. The summed E-state index contributed by atoms with van der Waals surface area (Å²) in [4.78, 5) is 31.4. The lowest BCUT2D eigenvalue weighted by Gasteiger charge is -2.17. The first-order valence-corrected chi connectivity index (χ1v) is 15.0. The Balaban J connectivity index is 1.28. The largest absolute Gasteiger partial charge is 0.484 e. The van der Waals surface area contributed by atoms with E-state index in [0.29, 0.717) is 32.3 Å². The summed E-state index contributed by atoms with van der Waals surface area (Å²) in [5.41, 5.74) is 2.93. The summed E-state index contributed by atoms with van der Waals surface area (Å²) < 4.78 is 5.53. The Bertz CT molecular complexity index is 1650. The van der Waals surface area contributed by atoms with E-state index < -0.39 is 5.25 Å². The number of rotatable bonds is 10. The third-order valence-electron chi connectivity index (χ3n) is 5.77. The number of hydrogen-bond acceptors (Lipinski definition) is 6. The second kappa shape index (κ2) is 13.7. The van der Waals surface area contributed by atoms with Gasteiger partial charge in [0.15, 0.2) is 11.7 Å². The maximum absolute atomic E-state index is 13.6. The lowest BCUT2D eigenvalue weighted by atomic mass is 10.1. The first-order valence-electron chi connectivity index (χ1n) is 12.5. The van der Waals surface area contributed by atoms with E-state index in [4.69, 9.17) is 27.9 Å². The van der Waals surface area contributed by atoms with Crippen LogP contribution in [0.2, 0.25) is 10.0 Å². The van der Waals surface area contributed by atoms with Crippen LogP contribution in [0.15, 0.2) is 113 Å². The van der Waals surface area contributed by atoms with E-state index in [9.17, 15) is 9.59 Å². The molecule has 2 amide bonds. The van der Waals surface area contributed by atoms with Crippen molar-refractivity contribution in [1.29, 1.82) is 0 Å². The highest BCUT2D eigenvalue weighted by molar-refractivity contribution is 8.00. The summed E-state index contributed by atoms with van der Waals surface area (Å²) in [5.74, 6) is 0.116. The Morgan fingerprint density at radius 3 is 2.37 bits per heavy atom. The monoisotopic (exact) mass is 619 g/mol. The van der Waals surface area contributed by atoms with Gasteiger partial charge < -0.3 is 15.4 Å². The Kier molecular flexibility index (Phi) is 9.59. The lowest BCUT2D eigenvalue weighted by molar-refractivity contribution is -0.118. The van der Waals surface area contributed by atoms with E-state index in [0.717, 1.165) is 16.0 Å². The van der Waals surface area contributed by atoms with Gasteiger partial charge in [-0.2, -0.15) is 0 Å². The van der Waals surface area contributed by atoms with Gasteiger partial charge in [0.05, 0.1) is 15.7 Å². The third-order valence-corrected chi connectivity index (χ3v) is 8.52. The van der Waals surface area contributed by atoms with E-state index in [1.165, 1.54) is 23.1 Å². The minimum absolute atomic E-state index is 0.117. The molecule has 5 aromatic rings. The van der Waals surface area contributed by atoms with Gasteiger partial charge in [-0.3, -0.25) is 9.59 Å². The number of carbonyl (C=O) groups is 2. The Labute approximate surface area is 255 Å². The van der Waals surface area contributed by atoms with E-state index >= 15 is 0 Å². The van der Waals surface area contributed by atoms with Gasteiger partial charge in [-0.25, -0.2) is 4.98 Å². The predicted octanol–water partition coefficient (Wildman–Crippen LogP) is 8.61. The van der Waals surface area contributed by atoms with E-state index in [1.807, 2.05) is 78.2 Å². The maximum Gasteiger partial charge on any atom is 0.262 e. The van der Waals surface area contributed by atoms with Gasteiger partial charge in [0.1, 0.15) is 11.0 Å². The van der Waals surface area contributed by atoms with E-state index in [2.05, 4.69) is 15.6 Å². The van der Waals surface area contributed by atoms with Gasteiger partial charge >= 0.3 is 0 Å². The third kappa shape index (κ3) is 7.89. The van der Waals surface area contributed by atoms with Gasteiger partial charge in [0.25, 0.3) is 5.91 Å². The zero-order valence-corrected chi connectivity index (χ0v) is 24.6. The minimum atomic E-state index is -0.569. The van der Waals surface area contributed by atoms with Gasteiger partial charge in [0.2, 0.25) is 5.91 Å². The van der Waals surface area contributed by atoms with Crippen LogP contribution in [0.25, 0.3) is 11.3 Å². The molecular formula is C31H23Cl2N3O3S2. The van der Waals surface area contributed by atoms with Crippen LogP contribution in [0.4, 0.5) is 10.8 Å². The van der Waals surface area contributed by atoms with Crippen molar-refractivity contribution in [1.82, 2.24) is 4.98 Å². The Morgan fingerprint density at radius 1 is 0.854 bits per heavy atom. The van der Waals surface area contributed by atoms with Crippen LogP contribution in [0.3, 0.4) is 0 Å². The molecule has 10 heteroatoms. The number of amides is 2. The number of carbonyl (C=O) groups excluding carboxylic acids is 2. The highest BCUT2D eigenvalue weighted by Gasteiger charge is 2.23. The fourth-order valence-electron chi connectivity index (χ4n) is 3.84. The molecule has 206 valence electrons. The number of nitrogens with zero attached hydrogens (tertiary/aromatic N) is 1. The molecular weight excluding hydrogens is 597 g/mol. The number of thioether (sulfide) groups is 1. The first-order chi connectivity index (χ1) is 19.9. The standard InChI is InChI=1S/C31H23Cl2N3O3S2/c32-25-15-14-21(16-26(25)33)27-19-40-31(35-27)36-30(38)29(20-8-3-1-4-9-20)41-24-13-7-10-22(17-24)34-28(37)18-39-23-11-5-2-6-12-23/h1-17,19,29H,18H2,(H,34,37)(H,35,36,38). The zero-order valence-electron chi connectivity index (χ0n) is 21.4. The number of benzene rings is 4. The fourth-order valence-corrected chi connectivity index (χ4v) is 5.94. The Hall–Kier alpha value is -3.82. The van der Waals surface area contributed by atoms with Gasteiger partial charge in [-0.15, -0.1) is 23.1 Å². The SMILES string of the molecule is O=C(COc1ccccc1)Nc1cccc(SC(C(=O)Nc2nc(-c3ccc(Cl)c(Cl)c3)cs2)c2ccccc2)c1. The van der Waals surface area contributed by atoms with Crippen LogP contribution in [0.5, 0.6) is 5.75 Å². The molecule has 0 aliphatic rings. The molecule has 0 saturated heterocycles. The maximum atomic E-state index is 13.6. The normalized spacial score (nSPS) is 11.5. The van der Waals surface area contributed by atoms with Gasteiger partial charge in [0, 0.05) is 21.5 Å². The molecule has 0 fully saturated rings. The molecule has 1 unspecified atom stereocenters. The van der Waals surface area contributed by atoms with Crippen molar-refractivity contribution in [2.45, 2.75) is 10.1 Å². The molecule has 1 heterocycles. The number of aromatic nitrogens is 1. The Morgan fingerprint density at radius 2 is 1.61 bits per heavy atom. The molecule has 4 aromatic carbocycles. The van der Waals surface area contributed by atoms with Crippen LogP contribution in [0.1, 0.15) is 10.8 Å². The second-order valence-corrected chi connectivity index (χ2v) is 11.6. The summed E-state index contributed by atoms with van der Waals surface area (Å²) >= 11 is 14.9. The average Bonchev–Trinajstić information content (AvgIpc) is 3.46. The van der Waals surface area contributed by atoms with Crippen molar-refractivity contribution >= 4 is 68.9 Å². The van der Waals surface area contributed by atoms with Crippen LogP contribution < -0.4 is 15.4 Å². The number of anilines is 2. The van der Waals surface area contributed by atoms with Crippen molar-refractivity contribution < 1.29 is 14.3 Å². The van der Waals surface area contributed by atoms with Crippen LogP contribution in [-0.2, 0) is 9.59 Å². The summed E-state index contributed by atoms with van der Waals surface area (Å²) in [5, 5.41) is 8.47. The summed E-state index contributed by atoms with van der Waals surface area (Å²) in [6, 6.07) is 31.3.